The zero-order valence-electron chi connectivity index (χ0n) is 13.7. The molecule has 0 bridgehead atoms. The van der Waals surface area contributed by atoms with Crippen LogP contribution in [0.3, 0.4) is 0 Å². The highest BCUT2D eigenvalue weighted by atomic mass is 16.5. The van der Waals surface area contributed by atoms with Crippen molar-refractivity contribution in [2.45, 2.75) is 64.9 Å². The van der Waals surface area contributed by atoms with Crippen LogP contribution in [0.4, 0.5) is 0 Å². The molecule has 1 aliphatic rings. The minimum atomic E-state index is -0.585. The smallest absolute Gasteiger partial charge is 0.194 e. The second-order valence-corrected chi connectivity index (χ2v) is 6.40. The molecule has 2 rings (SSSR count). The molecule has 1 aromatic carbocycles. The molecular formula is C19H28O2. The average Bonchev–Trinajstić information content (AvgIpc) is 2.48. The predicted molar refractivity (Wildman–Crippen MR) is 86.8 cm³/mol. The molecule has 0 aliphatic heterocycles. The van der Waals surface area contributed by atoms with Crippen LogP contribution in [0.2, 0.25) is 0 Å². The summed E-state index contributed by atoms with van der Waals surface area (Å²) in [5, 5.41) is 0. The van der Waals surface area contributed by atoms with Crippen LogP contribution in [-0.4, -0.2) is 18.0 Å². The van der Waals surface area contributed by atoms with Gasteiger partial charge >= 0.3 is 0 Å². The number of ether oxygens (including phenoxy) is 1. The average molecular weight is 288 g/mol. The number of benzene rings is 1. The maximum atomic E-state index is 13.0. The molecule has 2 atom stereocenters. The molecule has 116 valence electrons. The Morgan fingerprint density at radius 2 is 2.00 bits per heavy atom. The maximum absolute atomic E-state index is 13.0. The molecule has 0 radical (unpaired) electrons. The van der Waals surface area contributed by atoms with Crippen LogP contribution in [0.15, 0.2) is 24.3 Å². The molecule has 2 heteroatoms. The fourth-order valence-electron chi connectivity index (χ4n) is 3.56. The van der Waals surface area contributed by atoms with Gasteiger partial charge in [0.1, 0.15) is 5.60 Å². The van der Waals surface area contributed by atoms with Crippen LogP contribution in [0.1, 0.15) is 68.8 Å². The van der Waals surface area contributed by atoms with Gasteiger partial charge in [-0.15, -0.1) is 0 Å². The lowest BCUT2D eigenvalue weighted by Gasteiger charge is -2.38. The largest absolute Gasteiger partial charge is 0.367 e. The lowest BCUT2D eigenvalue weighted by molar-refractivity contribution is -0.0511. The summed E-state index contributed by atoms with van der Waals surface area (Å²) >= 11 is 0. The van der Waals surface area contributed by atoms with Gasteiger partial charge in [0.05, 0.1) is 0 Å². The van der Waals surface area contributed by atoms with Gasteiger partial charge in [0.25, 0.3) is 0 Å². The Bertz CT molecular complexity index is 459. The molecule has 0 N–H and O–H groups in total. The van der Waals surface area contributed by atoms with Gasteiger partial charge in [-0.25, -0.2) is 0 Å². The van der Waals surface area contributed by atoms with Crippen molar-refractivity contribution in [2.75, 3.05) is 6.61 Å². The Balaban J connectivity index is 2.21. The Morgan fingerprint density at radius 3 is 2.57 bits per heavy atom. The van der Waals surface area contributed by atoms with Gasteiger partial charge in [-0.2, -0.15) is 0 Å². The summed E-state index contributed by atoms with van der Waals surface area (Å²) in [5.41, 5.74) is 1.52. The molecule has 1 aromatic rings. The third-order valence-electron chi connectivity index (χ3n) is 4.54. The van der Waals surface area contributed by atoms with Crippen LogP contribution >= 0.6 is 0 Å². The number of hydrogen-bond donors (Lipinski definition) is 0. The number of carbonyl (C=O) groups excluding carboxylic acids is 1. The van der Waals surface area contributed by atoms with Crippen molar-refractivity contribution in [3.05, 3.63) is 35.4 Å². The van der Waals surface area contributed by atoms with Crippen LogP contribution in [0.5, 0.6) is 0 Å². The van der Waals surface area contributed by atoms with Crippen molar-refractivity contribution in [3.8, 4) is 0 Å². The predicted octanol–water partition coefficient (Wildman–Crippen LogP) is 4.81. The van der Waals surface area contributed by atoms with E-state index in [-0.39, 0.29) is 5.78 Å². The molecule has 1 aliphatic carbocycles. The maximum Gasteiger partial charge on any atom is 0.194 e. The minimum absolute atomic E-state index is 0.180. The first-order valence-electron chi connectivity index (χ1n) is 8.39. The number of aryl methyl sites for hydroxylation is 1. The van der Waals surface area contributed by atoms with E-state index in [1.807, 2.05) is 19.1 Å². The van der Waals surface area contributed by atoms with Crippen molar-refractivity contribution in [1.82, 2.24) is 0 Å². The summed E-state index contributed by atoms with van der Waals surface area (Å²) in [4.78, 5) is 13.0. The Morgan fingerprint density at radius 1 is 1.29 bits per heavy atom. The SMILES string of the molecule is CCCc1ccc(C(=O)C2(OCC)CCCC(C)C2)cc1. The number of ketones is 1. The summed E-state index contributed by atoms with van der Waals surface area (Å²) in [5.74, 6) is 0.743. The van der Waals surface area contributed by atoms with Crippen LogP contribution in [0, 0.1) is 5.92 Å². The fraction of sp³-hybridized carbons (Fsp3) is 0.632. The van der Waals surface area contributed by atoms with E-state index < -0.39 is 5.60 Å². The lowest BCUT2D eigenvalue weighted by atomic mass is 9.74. The Labute approximate surface area is 128 Å². The minimum Gasteiger partial charge on any atom is -0.367 e. The highest BCUT2D eigenvalue weighted by Gasteiger charge is 2.42. The van der Waals surface area contributed by atoms with Crippen LogP contribution in [0.25, 0.3) is 0 Å². The summed E-state index contributed by atoms with van der Waals surface area (Å²) in [7, 11) is 0. The van der Waals surface area contributed by atoms with Gasteiger partial charge < -0.3 is 4.74 Å². The highest BCUT2D eigenvalue weighted by Crippen LogP contribution is 2.37. The van der Waals surface area contributed by atoms with E-state index in [0.29, 0.717) is 12.5 Å². The third-order valence-corrected chi connectivity index (χ3v) is 4.54. The standard InChI is InChI=1S/C19H28O2/c1-4-7-16-9-11-17(12-10-16)18(20)19(21-5-2)13-6-8-15(3)14-19/h9-12,15H,4-8,13-14H2,1-3H3. The van der Waals surface area contributed by atoms with E-state index in [1.165, 1.54) is 12.0 Å². The van der Waals surface area contributed by atoms with Crippen molar-refractivity contribution in [1.29, 1.82) is 0 Å². The molecule has 21 heavy (non-hydrogen) atoms. The Kier molecular flexibility index (Phi) is 5.58. The molecule has 0 spiro atoms. The summed E-state index contributed by atoms with van der Waals surface area (Å²) in [6.45, 7) is 6.99. The van der Waals surface area contributed by atoms with Gasteiger partial charge in [-0.05, 0) is 44.1 Å². The van der Waals surface area contributed by atoms with Gasteiger partial charge in [0.15, 0.2) is 5.78 Å². The van der Waals surface area contributed by atoms with Gasteiger partial charge in [-0.3, -0.25) is 4.79 Å². The van der Waals surface area contributed by atoms with E-state index in [4.69, 9.17) is 4.74 Å². The first kappa shape index (κ1) is 16.2. The lowest BCUT2D eigenvalue weighted by Crippen LogP contribution is -2.45. The number of rotatable bonds is 6. The zero-order chi connectivity index (χ0) is 15.3. The summed E-state index contributed by atoms with van der Waals surface area (Å²) in [6.07, 6.45) is 6.21. The molecule has 0 aromatic heterocycles. The highest BCUT2D eigenvalue weighted by molar-refractivity contribution is 6.02. The molecular weight excluding hydrogens is 260 g/mol. The molecule has 1 saturated carbocycles. The van der Waals surface area contributed by atoms with Crippen molar-refractivity contribution in [3.63, 3.8) is 0 Å². The van der Waals surface area contributed by atoms with Crippen molar-refractivity contribution < 1.29 is 9.53 Å². The van der Waals surface area contributed by atoms with Crippen molar-refractivity contribution >= 4 is 5.78 Å². The Hall–Kier alpha value is -1.15. The normalized spacial score (nSPS) is 25.8. The quantitative estimate of drug-likeness (QED) is 0.702. The second-order valence-electron chi connectivity index (χ2n) is 6.40. The molecule has 0 amide bonds. The van der Waals surface area contributed by atoms with Gasteiger partial charge in [-0.1, -0.05) is 51.0 Å². The van der Waals surface area contributed by atoms with E-state index in [1.54, 1.807) is 0 Å². The number of carbonyl (C=O) groups is 1. The van der Waals surface area contributed by atoms with Crippen LogP contribution < -0.4 is 0 Å². The summed E-state index contributed by atoms with van der Waals surface area (Å²) < 4.78 is 5.99. The van der Waals surface area contributed by atoms with Gasteiger partial charge in [0, 0.05) is 12.2 Å². The van der Waals surface area contributed by atoms with Crippen LogP contribution in [-0.2, 0) is 11.2 Å². The molecule has 2 nitrogen and oxygen atoms in total. The topological polar surface area (TPSA) is 26.3 Å². The molecule has 0 heterocycles. The molecule has 1 fully saturated rings. The molecule has 2 unspecified atom stereocenters. The van der Waals surface area contributed by atoms with E-state index in [0.717, 1.165) is 37.7 Å². The first-order chi connectivity index (χ1) is 10.1. The van der Waals surface area contributed by atoms with Gasteiger partial charge in [0.2, 0.25) is 0 Å². The fourth-order valence-corrected chi connectivity index (χ4v) is 3.56. The van der Waals surface area contributed by atoms with E-state index in [9.17, 15) is 4.79 Å². The monoisotopic (exact) mass is 288 g/mol. The number of hydrogen-bond acceptors (Lipinski definition) is 2. The van der Waals surface area contributed by atoms with E-state index in [2.05, 4.69) is 26.0 Å². The molecule has 0 saturated heterocycles. The number of Topliss-reactive ketones (excluding diaryl/α,β-unsaturated/α-hetero) is 1. The third kappa shape index (κ3) is 3.74. The first-order valence-corrected chi connectivity index (χ1v) is 8.39. The van der Waals surface area contributed by atoms with Crippen molar-refractivity contribution in [2.24, 2.45) is 5.92 Å². The van der Waals surface area contributed by atoms with E-state index >= 15 is 0 Å². The zero-order valence-corrected chi connectivity index (χ0v) is 13.7. The second kappa shape index (κ2) is 7.22. The summed E-state index contributed by atoms with van der Waals surface area (Å²) in [6, 6.07) is 8.13.